The maximum atomic E-state index is 12.9. The molecule has 1 aromatic heterocycles. The summed E-state index contributed by atoms with van der Waals surface area (Å²) in [5, 5.41) is 4.68. The summed E-state index contributed by atoms with van der Waals surface area (Å²) in [5.74, 6) is 0.623. The van der Waals surface area contributed by atoms with Gasteiger partial charge in [-0.1, -0.05) is 0 Å². The third kappa shape index (κ3) is 4.42. The number of aromatic nitrogens is 2. The van der Waals surface area contributed by atoms with Crippen LogP contribution in [0.2, 0.25) is 0 Å². The Balaban J connectivity index is 1.64. The Morgan fingerprint density at radius 2 is 2.04 bits per heavy atom. The van der Waals surface area contributed by atoms with Gasteiger partial charge in [0, 0.05) is 31.2 Å². The van der Waals surface area contributed by atoms with Gasteiger partial charge in [0.05, 0.1) is 18.2 Å². The van der Waals surface area contributed by atoms with Gasteiger partial charge < -0.3 is 14.5 Å². The van der Waals surface area contributed by atoms with E-state index in [2.05, 4.69) is 35.5 Å². The summed E-state index contributed by atoms with van der Waals surface area (Å²) in [6, 6.07) is 2.02. The van der Waals surface area contributed by atoms with Crippen molar-refractivity contribution in [3.8, 4) is 0 Å². The van der Waals surface area contributed by atoms with Crippen LogP contribution in [-0.2, 0) is 10.3 Å². The molecule has 1 aliphatic carbocycles. The number of rotatable bonds is 6. The second kappa shape index (κ2) is 7.08. The number of likely N-dealkylation sites (N-methyl/N-ethyl adjacent to an activating group) is 1. The molecule has 1 atom stereocenters. The molecule has 6 nitrogen and oxygen atoms in total. The Bertz CT molecular complexity index is 613. The second-order valence-electron chi connectivity index (χ2n) is 8.65. The number of hydrogen-bond acceptors (Lipinski definition) is 4. The van der Waals surface area contributed by atoms with E-state index in [0.29, 0.717) is 24.8 Å². The third-order valence-electron chi connectivity index (χ3n) is 4.91. The molecular formula is C19H32N4O2. The number of ether oxygens (including phenoxy) is 1. The van der Waals surface area contributed by atoms with E-state index in [4.69, 9.17) is 4.74 Å². The fourth-order valence-electron chi connectivity index (χ4n) is 3.32. The van der Waals surface area contributed by atoms with E-state index in [0.717, 1.165) is 19.5 Å². The summed E-state index contributed by atoms with van der Waals surface area (Å²) >= 11 is 0. The van der Waals surface area contributed by atoms with Gasteiger partial charge in [0.15, 0.2) is 5.69 Å². The number of carbonyl (C=O) groups excluding carboxylic acids is 1. The number of carbonyl (C=O) groups is 1. The number of nitrogens with zero attached hydrogens (tertiary/aromatic N) is 4. The molecular weight excluding hydrogens is 316 g/mol. The normalized spacial score (nSPS) is 21.4. The van der Waals surface area contributed by atoms with Gasteiger partial charge in [-0.3, -0.25) is 9.48 Å². The Morgan fingerprint density at radius 3 is 2.64 bits per heavy atom. The summed E-state index contributed by atoms with van der Waals surface area (Å²) in [6.45, 7) is 9.48. The summed E-state index contributed by atoms with van der Waals surface area (Å²) in [7, 11) is 4.08. The number of hydrogen-bond donors (Lipinski definition) is 0. The highest BCUT2D eigenvalue weighted by molar-refractivity contribution is 5.92. The quantitative estimate of drug-likeness (QED) is 0.792. The molecule has 1 saturated heterocycles. The standard InChI is InChI=1S/C19H32N4O2/c1-19(2,3)23-17(14-6-7-14)12-16(20-23)18(24)22-9-8-15(13-22)25-11-10-21(4)5/h12,14-15H,6-11,13H2,1-5H3. The first-order chi connectivity index (χ1) is 11.8. The molecule has 2 aliphatic rings. The first-order valence-corrected chi connectivity index (χ1v) is 9.42. The summed E-state index contributed by atoms with van der Waals surface area (Å²) in [6.07, 6.45) is 3.48. The highest BCUT2D eigenvalue weighted by atomic mass is 16.5. The SMILES string of the molecule is CN(C)CCOC1CCN(C(=O)c2cc(C3CC3)n(C(C)(C)C)n2)C1. The van der Waals surface area contributed by atoms with Crippen molar-refractivity contribution in [3.05, 3.63) is 17.5 Å². The molecule has 2 fully saturated rings. The largest absolute Gasteiger partial charge is 0.375 e. The van der Waals surface area contributed by atoms with E-state index in [1.165, 1.54) is 18.5 Å². The second-order valence-corrected chi connectivity index (χ2v) is 8.65. The molecule has 1 amide bonds. The maximum Gasteiger partial charge on any atom is 0.274 e. The first kappa shape index (κ1) is 18.4. The average molecular weight is 348 g/mol. The highest BCUT2D eigenvalue weighted by Gasteiger charge is 2.34. The van der Waals surface area contributed by atoms with E-state index in [-0.39, 0.29) is 17.6 Å². The highest BCUT2D eigenvalue weighted by Crippen LogP contribution is 2.41. The molecule has 2 heterocycles. The van der Waals surface area contributed by atoms with E-state index in [9.17, 15) is 4.79 Å². The van der Waals surface area contributed by atoms with E-state index in [1.807, 2.05) is 25.1 Å². The molecule has 0 N–H and O–H groups in total. The lowest BCUT2D eigenvalue weighted by Crippen LogP contribution is -2.32. The van der Waals surface area contributed by atoms with Crippen LogP contribution in [0.3, 0.4) is 0 Å². The van der Waals surface area contributed by atoms with Crippen LogP contribution in [0.25, 0.3) is 0 Å². The minimum absolute atomic E-state index is 0.0450. The van der Waals surface area contributed by atoms with E-state index < -0.39 is 0 Å². The zero-order chi connectivity index (χ0) is 18.2. The fraction of sp³-hybridized carbons (Fsp3) is 0.789. The van der Waals surface area contributed by atoms with Gasteiger partial charge >= 0.3 is 0 Å². The summed E-state index contributed by atoms with van der Waals surface area (Å²) < 4.78 is 7.95. The van der Waals surface area contributed by atoms with Crippen LogP contribution in [-0.4, -0.2) is 71.9 Å². The van der Waals surface area contributed by atoms with Crippen molar-refractivity contribution < 1.29 is 9.53 Å². The number of likely N-dealkylation sites (tertiary alicyclic amines) is 1. The smallest absolute Gasteiger partial charge is 0.274 e. The zero-order valence-electron chi connectivity index (χ0n) is 16.3. The lowest BCUT2D eigenvalue weighted by Gasteiger charge is -2.22. The molecule has 6 heteroatoms. The molecule has 1 unspecified atom stereocenters. The molecule has 1 saturated carbocycles. The topological polar surface area (TPSA) is 50.6 Å². The van der Waals surface area contributed by atoms with Crippen molar-refractivity contribution >= 4 is 5.91 Å². The fourth-order valence-corrected chi connectivity index (χ4v) is 3.32. The van der Waals surface area contributed by atoms with Crippen molar-refractivity contribution in [3.63, 3.8) is 0 Å². The minimum Gasteiger partial charge on any atom is -0.375 e. The Kier molecular flexibility index (Phi) is 5.21. The van der Waals surface area contributed by atoms with Crippen LogP contribution < -0.4 is 0 Å². The number of amides is 1. The van der Waals surface area contributed by atoms with Crippen molar-refractivity contribution in [1.82, 2.24) is 19.6 Å². The zero-order valence-corrected chi connectivity index (χ0v) is 16.3. The predicted octanol–water partition coefficient (Wildman–Crippen LogP) is 2.31. The molecule has 0 radical (unpaired) electrons. The van der Waals surface area contributed by atoms with Crippen LogP contribution in [0, 0.1) is 0 Å². The first-order valence-electron chi connectivity index (χ1n) is 9.42. The monoisotopic (exact) mass is 348 g/mol. The molecule has 0 spiro atoms. The Hall–Kier alpha value is -1.40. The summed E-state index contributed by atoms with van der Waals surface area (Å²) in [4.78, 5) is 16.9. The molecule has 25 heavy (non-hydrogen) atoms. The van der Waals surface area contributed by atoms with Crippen LogP contribution in [0.5, 0.6) is 0 Å². The van der Waals surface area contributed by atoms with Gasteiger partial charge in [-0.05, 0) is 60.2 Å². The lowest BCUT2D eigenvalue weighted by atomic mass is 10.1. The van der Waals surface area contributed by atoms with Gasteiger partial charge in [-0.15, -0.1) is 0 Å². The van der Waals surface area contributed by atoms with Crippen molar-refractivity contribution in [2.45, 2.75) is 57.6 Å². The van der Waals surface area contributed by atoms with Crippen LogP contribution in [0.4, 0.5) is 0 Å². The summed E-state index contributed by atoms with van der Waals surface area (Å²) in [5.41, 5.74) is 1.71. The maximum absolute atomic E-state index is 12.9. The van der Waals surface area contributed by atoms with Gasteiger partial charge in [-0.25, -0.2) is 0 Å². The molecule has 1 aromatic rings. The molecule has 140 valence electrons. The van der Waals surface area contributed by atoms with Crippen LogP contribution >= 0.6 is 0 Å². The van der Waals surface area contributed by atoms with Gasteiger partial charge in [-0.2, -0.15) is 5.10 Å². The molecule has 0 aromatic carbocycles. The third-order valence-corrected chi connectivity index (χ3v) is 4.91. The van der Waals surface area contributed by atoms with E-state index >= 15 is 0 Å². The molecule has 0 bridgehead atoms. The average Bonchev–Trinajstić information content (AvgIpc) is 3.09. The van der Waals surface area contributed by atoms with E-state index in [1.54, 1.807) is 0 Å². The molecule has 3 rings (SSSR count). The lowest BCUT2D eigenvalue weighted by molar-refractivity contribution is 0.0463. The van der Waals surface area contributed by atoms with Crippen LogP contribution in [0.1, 0.15) is 62.1 Å². The van der Waals surface area contributed by atoms with Gasteiger partial charge in [0.25, 0.3) is 5.91 Å². The Morgan fingerprint density at radius 1 is 1.32 bits per heavy atom. The van der Waals surface area contributed by atoms with Crippen molar-refractivity contribution in [2.24, 2.45) is 0 Å². The Labute approximate surface area is 151 Å². The van der Waals surface area contributed by atoms with Crippen molar-refractivity contribution in [1.29, 1.82) is 0 Å². The van der Waals surface area contributed by atoms with Crippen LogP contribution in [0.15, 0.2) is 6.07 Å². The van der Waals surface area contributed by atoms with Gasteiger partial charge in [0.2, 0.25) is 0 Å². The van der Waals surface area contributed by atoms with Gasteiger partial charge in [0.1, 0.15) is 0 Å². The van der Waals surface area contributed by atoms with Crippen molar-refractivity contribution in [2.75, 3.05) is 40.3 Å². The predicted molar refractivity (Wildman–Crippen MR) is 98.0 cm³/mol. The minimum atomic E-state index is -0.0979. The molecule has 1 aliphatic heterocycles.